The van der Waals surface area contributed by atoms with Gasteiger partial charge in [-0.05, 0) is 42.5 Å². The highest BCUT2D eigenvalue weighted by atomic mass is 35.5. The molecule has 2 rings (SSSR count). The zero-order valence-electron chi connectivity index (χ0n) is 11.4. The third-order valence-electron chi connectivity index (χ3n) is 2.69. The summed E-state index contributed by atoms with van der Waals surface area (Å²) in [6, 6.07) is 12.5. The molecule has 4 nitrogen and oxygen atoms in total. The van der Waals surface area contributed by atoms with Crippen LogP contribution in [0.5, 0.6) is 5.75 Å². The van der Waals surface area contributed by atoms with Gasteiger partial charge in [-0.25, -0.2) is 0 Å². The maximum Gasteiger partial charge on any atom is 0.234 e. The van der Waals surface area contributed by atoms with Crippen molar-refractivity contribution in [2.24, 2.45) is 0 Å². The van der Waals surface area contributed by atoms with Gasteiger partial charge in [-0.2, -0.15) is 0 Å². The van der Waals surface area contributed by atoms with Crippen LogP contribution < -0.4 is 15.8 Å². The van der Waals surface area contributed by atoms with Crippen LogP contribution in [0.4, 0.5) is 11.4 Å². The molecule has 0 bridgehead atoms. The van der Waals surface area contributed by atoms with Gasteiger partial charge < -0.3 is 15.8 Å². The van der Waals surface area contributed by atoms with Gasteiger partial charge in [0.05, 0.1) is 18.6 Å². The Morgan fingerprint density at radius 3 is 2.67 bits per heavy atom. The van der Waals surface area contributed by atoms with E-state index >= 15 is 0 Å². The third-order valence-corrected chi connectivity index (χ3v) is 3.93. The summed E-state index contributed by atoms with van der Waals surface area (Å²) < 4.78 is 5.18. The first kappa shape index (κ1) is 15.5. The van der Waals surface area contributed by atoms with Crippen molar-refractivity contribution in [2.75, 3.05) is 23.9 Å². The van der Waals surface area contributed by atoms with Crippen LogP contribution in [0, 0.1) is 0 Å². The van der Waals surface area contributed by atoms with Crippen molar-refractivity contribution in [3.63, 3.8) is 0 Å². The molecule has 0 aliphatic rings. The molecule has 0 aliphatic heterocycles. The third kappa shape index (κ3) is 4.58. The summed E-state index contributed by atoms with van der Waals surface area (Å²) in [6.07, 6.45) is 0. The summed E-state index contributed by atoms with van der Waals surface area (Å²) in [6.45, 7) is 0. The molecule has 2 aromatic rings. The van der Waals surface area contributed by atoms with E-state index in [9.17, 15) is 4.79 Å². The van der Waals surface area contributed by atoms with E-state index in [1.807, 2.05) is 12.1 Å². The molecule has 0 heterocycles. The lowest BCUT2D eigenvalue weighted by Crippen LogP contribution is -2.14. The number of rotatable bonds is 5. The van der Waals surface area contributed by atoms with Crippen LogP contribution in [0.2, 0.25) is 5.02 Å². The SMILES string of the molecule is COc1ccc(Cl)cc1NC(=O)CSc1ccc(N)cc1. The second-order valence-corrected chi connectivity index (χ2v) is 5.74. The molecule has 2 aromatic carbocycles. The van der Waals surface area contributed by atoms with E-state index < -0.39 is 0 Å². The first-order valence-electron chi connectivity index (χ1n) is 6.20. The number of ether oxygens (including phenoxy) is 1. The van der Waals surface area contributed by atoms with Gasteiger partial charge in [0.25, 0.3) is 0 Å². The van der Waals surface area contributed by atoms with E-state index in [2.05, 4.69) is 5.32 Å². The number of methoxy groups -OCH3 is 1. The number of nitrogen functional groups attached to an aromatic ring is 1. The van der Waals surface area contributed by atoms with Gasteiger partial charge in [-0.1, -0.05) is 11.6 Å². The Morgan fingerprint density at radius 1 is 1.29 bits per heavy atom. The second-order valence-electron chi connectivity index (χ2n) is 4.25. The minimum Gasteiger partial charge on any atom is -0.495 e. The van der Waals surface area contributed by atoms with Crippen molar-refractivity contribution >= 4 is 40.6 Å². The zero-order valence-corrected chi connectivity index (χ0v) is 13.0. The van der Waals surface area contributed by atoms with Crippen molar-refractivity contribution in [1.29, 1.82) is 0 Å². The van der Waals surface area contributed by atoms with E-state index in [1.165, 1.54) is 11.8 Å². The van der Waals surface area contributed by atoms with Crippen LogP contribution >= 0.6 is 23.4 Å². The molecule has 0 unspecified atom stereocenters. The molecule has 21 heavy (non-hydrogen) atoms. The molecule has 1 amide bonds. The van der Waals surface area contributed by atoms with Gasteiger partial charge in [-0.15, -0.1) is 11.8 Å². The molecule has 0 spiro atoms. The van der Waals surface area contributed by atoms with Crippen molar-refractivity contribution in [1.82, 2.24) is 0 Å². The van der Waals surface area contributed by atoms with Gasteiger partial charge >= 0.3 is 0 Å². The van der Waals surface area contributed by atoms with Crippen molar-refractivity contribution in [2.45, 2.75) is 4.90 Å². The predicted molar refractivity (Wildman–Crippen MR) is 88.2 cm³/mol. The zero-order chi connectivity index (χ0) is 15.2. The molecule has 110 valence electrons. The normalized spacial score (nSPS) is 10.2. The Labute approximate surface area is 132 Å². The van der Waals surface area contributed by atoms with Crippen LogP contribution in [0.25, 0.3) is 0 Å². The highest BCUT2D eigenvalue weighted by molar-refractivity contribution is 8.00. The number of nitrogens with two attached hydrogens (primary N) is 1. The number of carbonyl (C=O) groups excluding carboxylic acids is 1. The fraction of sp³-hybridized carbons (Fsp3) is 0.133. The molecule has 0 aliphatic carbocycles. The summed E-state index contributed by atoms with van der Waals surface area (Å²) in [5.74, 6) is 0.738. The highest BCUT2D eigenvalue weighted by Gasteiger charge is 2.09. The fourth-order valence-corrected chi connectivity index (χ4v) is 2.55. The number of nitrogens with one attached hydrogen (secondary N) is 1. The Kier molecular flexibility index (Phi) is 5.36. The molecule has 0 radical (unpaired) electrons. The number of halogens is 1. The quantitative estimate of drug-likeness (QED) is 0.651. The minimum absolute atomic E-state index is 0.127. The standard InChI is InChI=1S/C15H15ClN2O2S/c1-20-14-7-2-10(16)8-13(14)18-15(19)9-21-12-5-3-11(17)4-6-12/h2-8H,9,17H2,1H3,(H,18,19). The predicted octanol–water partition coefficient (Wildman–Crippen LogP) is 3.66. The number of carbonyl (C=O) groups is 1. The largest absolute Gasteiger partial charge is 0.495 e. The van der Waals surface area contributed by atoms with Gasteiger partial charge in [0.2, 0.25) is 5.91 Å². The summed E-state index contributed by atoms with van der Waals surface area (Å²) in [5, 5.41) is 3.33. The number of hydrogen-bond acceptors (Lipinski definition) is 4. The maximum absolute atomic E-state index is 12.0. The van der Waals surface area contributed by atoms with E-state index in [1.54, 1.807) is 37.4 Å². The summed E-state index contributed by atoms with van der Waals surface area (Å²) in [7, 11) is 1.54. The highest BCUT2D eigenvalue weighted by Crippen LogP contribution is 2.28. The Morgan fingerprint density at radius 2 is 2.00 bits per heavy atom. The average Bonchev–Trinajstić information content (AvgIpc) is 2.47. The van der Waals surface area contributed by atoms with Crippen LogP contribution in [0.3, 0.4) is 0 Å². The number of thioether (sulfide) groups is 1. The van der Waals surface area contributed by atoms with E-state index in [-0.39, 0.29) is 5.91 Å². The van der Waals surface area contributed by atoms with Gasteiger partial charge in [-0.3, -0.25) is 4.79 Å². The monoisotopic (exact) mass is 322 g/mol. The van der Waals surface area contributed by atoms with Crippen LogP contribution in [-0.2, 0) is 4.79 Å². The van der Waals surface area contributed by atoms with Crippen molar-refractivity contribution in [3.8, 4) is 5.75 Å². The number of amides is 1. The smallest absolute Gasteiger partial charge is 0.234 e. The molecular formula is C15H15ClN2O2S. The topological polar surface area (TPSA) is 64.3 Å². The number of benzene rings is 2. The van der Waals surface area contributed by atoms with Crippen molar-refractivity contribution < 1.29 is 9.53 Å². The Hall–Kier alpha value is -1.85. The second kappa shape index (κ2) is 7.24. The first-order chi connectivity index (χ1) is 10.1. The van der Waals surface area contributed by atoms with Crippen molar-refractivity contribution in [3.05, 3.63) is 47.5 Å². The summed E-state index contributed by atoms with van der Waals surface area (Å²) >= 11 is 7.35. The molecule has 3 N–H and O–H groups in total. The van der Waals surface area contributed by atoms with Crippen LogP contribution in [0.15, 0.2) is 47.4 Å². The Balaban J connectivity index is 1.95. The number of hydrogen-bond donors (Lipinski definition) is 2. The first-order valence-corrected chi connectivity index (χ1v) is 7.56. The van der Waals surface area contributed by atoms with Crippen LogP contribution in [0.1, 0.15) is 0 Å². The molecule has 6 heteroatoms. The van der Waals surface area contributed by atoms with Gasteiger partial charge in [0, 0.05) is 15.6 Å². The molecule has 0 saturated heterocycles. The molecule has 0 fully saturated rings. The molecule has 0 aromatic heterocycles. The Bertz CT molecular complexity index is 632. The van der Waals surface area contributed by atoms with E-state index in [0.29, 0.717) is 27.9 Å². The van der Waals surface area contributed by atoms with E-state index in [4.69, 9.17) is 22.1 Å². The van der Waals surface area contributed by atoms with Gasteiger partial charge in [0.1, 0.15) is 5.75 Å². The minimum atomic E-state index is -0.127. The molecular weight excluding hydrogens is 308 g/mol. The van der Waals surface area contributed by atoms with E-state index in [0.717, 1.165) is 4.90 Å². The average molecular weight is 323 g/mol. The van der Waals surface area contributed by atoms with Crippen LogP contribution in [-0.4, -0.2) is 18.8 Å². The lowest BCUT2D eigenvalue weighted by molar-refractivity contribution is -0.113. The molecule has 0 atom stereocenters. The maximum atomic E-state index is 12.0. The lowest BCUT2D eigenvalue weighted by Gasteiger charge is -2.10. The van der Waals surface area contributed by atoms with Gasteiger partial charge in [0.15, 0.2) is 0 Å². The lowest BCUT2D eigenvalue weighted by atomic mass is 10.3. The summed E-state index contributed by atoms with van der Waals surface area (Å²) in [4.78, 5) is 13.0. The number of anilines is 2. The fourth-order valence-electron chi connectivity index (χ4n) is 1.68. The summed E-state index contributed by atoms with van der Waals surface area (Å²) in [5.41, 5.74) is 6.88. The molecule has 0 saturated carbocycles.